The Kier molecular flexibility index (Phi) is 9.98. The van der Waals surface area contributed by atoms with Crippen LogP contribution in [0, 0.1) is 5.82 Å². The van der Waals surface area contributed by atoms with Crippen molar-refractivity contribution in [2.24, 2.45) is 0 Å². The molecule has 0 saturated heterocycles. The molecule has 2 amide bonds. The van der Waals surface area contributed by atoms with Crippen LogP contribution in [0.25, 0.3) is 0 Å². The van der Waals surface area contributed by atoms with E-state index < -0.39 is 41.7 Å². The highest BCUT2D eigenvalue weighted by Gasteiger charge is 2.30. The second-order valence-electron chi connectivity index (χ2n) is 9.64. The Morgan fingerprint density at radius 3 is 2.24 bits per heavy atom. The molecule has 0 aliphatic rings. The summed E-state index contributed by atoms with van der Waals surface area (Å²) in [5.41, 5.74) is -1.41. The lowest BCUT2D eigenvalue weighted by atomic mass is 10.2. The lowest BCUT2D eigenvalue weighted by Crippen LogP contribution is -2.24. The fourth-order valence-corrected chi connectivity index (χ4v) is 3.81. The minimum Gasteiger partial charge on any atom is -0.433 e. The number of benzene rings is 1. The zero-order valence-corrected chi connectivity index (χ0v) is 23.2. The molecule has 2 N–H and O–H groups in total. The Hall–Kier alpha value is -5.10. The second-order valence-corrected chi connectivity index (χ2v) is 9.64. The monoisotopic (exact) mass is 643 g/mol. The summed E-state index contributed by atoms with van der Waals surface area (Å²) >= 11 is 0. The van der Waals surface area contributed by atoms with Gasteiger partial charge < -0.3 is 15.4 Å². The van der Waals surface area contributed by atoms with Gasteiger partial charge in [0.05, 0.1) is 36.7 Å². The van der Waals surface area contributed by atoms with Crippen LogP contribution >= 0.6 is 0 Å². The largest absolute Gasteiger partial charge is 0.433 e. The third kappa shape index (κ3) is 9.70. The number of pyridine rings is 1. The number of carbonyl (C=O) groups excluding carboxylic acids is 2. The van der Waals surface area contributed by atoms with Crippen molar-refractivity contribution in [1.29, 1.82) is 0 Å². The second kappa shape index (κ2) is 13.7. The molecule has 1 unspecified atom stereocenters. The molecule has 3 aromatic heterocycles. The SMILES string of the molecule is CC(F)(F)Oc1ccc(F)c(CNC(=O)c2cn(CCC(F)Cn3cc(C(=O)NCc4cc(C(F)(F)F)ccn4)nn3)nn2)c1. The summed E-state index contributed by atoms with van der Waals surface area (Å²) in [5, 5.41) is 19.5. The van der Waals surface area contributed by atoms with Gasteiger partial charge in [0.2, 0.25) is 0 Å². The molecule has 1 aromatic carbocycles. The van der Waals surface area contributed by atoms with Crippen molar-refractivity contribution in [3.8, 4) is 5.75 Å². The van der Waals surface area contributed by atoms with Gasteiger partial charge in [-0.25, -0.2) is 13.5 Å². The number of hydrogen-bond acceptors (Lipinski definition) is 8. The average Bonchev–Trinajstić information content (AvgIpc) is 3.64. The zero-order valence-electron chi connectivity index (χ0n) is 23.2. The summed E-state index contributed by atoms with van der Waals surface area (Å²) in [5.74, 6) is -2.55. The Balaban J connectivity index is 1.22. The van der Waals surface area contributed by atoms with Gasteiger partial charge in [-0.1, -0.05) is 10.4 Å². The molecule has 0 saturated carbocycles. The first-order valence-electron chi connectivity index (χ1n) is 13.0. The van der Waals surface area contributed by atoms with Crippen LogP contribution in [0.1, 0.15) is 51.1 Å². The standard InChI is InChI=1S/C26H24F7N9O3/c1-25(29,30)45-19-2-3-20(28)15(8-19)10-35-23(43)21-13-41(39-37-21)7-5-17(27)12-42-14-22(38-40-42)24(44)36-11-18-9-16(4-6-34-18)26(31,32)33/h2-4,6,8-9,13-14,17H,5,7,10-12H2,1H3,(H,35,43)(H,36,44). The fourth-order valence-electron chi connectivity index (χ4n) is 3.81. The smallest absolute Gasteiger partial charge is 0.416 e. The van der Waals surface area contributed by atoms with E-state index in [2.05, 4.69) is 41.0 Å². The van der Waals surface area contributed by atoms with Gasteiger partial charge in [0.1, 0.15) is 17.7 Å². The third-order valence-electron chi connectivity index (χ3n) is 5.93. The van der Waals surface area contributed by atoms with Gasteiger partial charge in [-0.15, -0.1) is 10.2 Å². The number of ether oxygens (including phenoxy) is 1. The van der Waals surface area contributed by atoms with Gasteiger partial charge in [-0.3, -0.25) is 19.3 Å². The Morgan fingerprint density at radius 1 is 0.933 bits per heavy atom. The van der Waals surface area contributed by atoms with E-state index >= 15 is 0 Å². The van der Waals surface area contributed by atoms with Crippen LogP contribution in [0.15, 0.2) is 48.9 Å². The number of amides is 2. The summed E-state index contributed by atoms with van der Waals surface area (Å²) < 4.78 is 100.0. The highest BCUT2D eigenvalue weighted by molar-refractivity contribution is 5.92. The summed E-state index contributed by atoms with van der Waals surface area (Å²) in [6.07, 6.45) is -6.28. The Labute approximate surface area is 249 Å². The van der Waals surface area contributed by atoms with E-state index in [-0.39, 0.29) is 61.0 Å². The van der Waals surface area contributed by atoms with E-state index in [0.717, 1.165) is 47.4 Å². The van der Waals surface area contributed by atoms with Crippen LogP contribution in [0.3, 0.4) is 0 Å². The summed E-state index contributed by atoms with van der Waals surface area (Å²) in [6, 6.07) is 4.56. The molecule has 4 aromatic rings. The van der Waals surface area contributed by atoms with Crippen LogP contribution in [0.5, 0.6) is 5.75 Å². The molecular weight excluding hydrogens is 619 g/mol. The molecule has 240 valence electrons. The number of halogens is 7. The number of carbonyl (C=O) groups is 2. The maximum Gasteiger partial charge on any atom is 0.416 e. The van der Waals surface area contributed by atoms with Gasteiger partial charge in [0.15, 0.2) is 11.4 Å². The number of alkyl halides is 6. The fraction of sp³-hybridized carbons (Fsp3) is 0.346. The van der Waals surface area contributed by atoms with Crippen LogP contribution in [-0.2, 0) is 32.4 Å². The summed E-state index contributed by atoms with van der Waals surface area (Å²) in [4.78, 5) is 28.5. The molecule has 0 bridgehead atoms. The first-order chi connectivity index (χ1) is 21.2. The van der Waals surface area contributed by atoms with Gasteiger partial charge in [0.25, 0.3) is 11.8 Å². The van der Waals surface area contributed by atoms with Crippen LogP contribution in [0.2, 0.25) is 0 Å². The molecule has 0 radical (unpaired) electrons. The van der Waals surface area contributed by atoms with Gasteiger partial charge in [-0.2, -0.15) is 22.0 Å². The molecule has 45 heavy (non-hydrogen) atoms. The number of aromatic nitrogens is 7. The minimum absolute atomic E-state index is 0.00722. The lowest BCUT2D eigenvalue weighted by Gasteiger charge is -2.14. The number of rotatable bonds is 13. The van der Waals surface area contributed by atoms with Crippen molar-refractivity contribution >= 4 is 11.8 Å². The predicted molar refractivity (Wildman–Crippen MR) is 139 cm³/mol. The maximum atomic E-state index is 14.6. The van der Waals surface area contributed by atoms with E-state index in [9.17, 15) is 40.3 Å². The summed E-state index contributed by atoms with van der Waals surface area (Å²) in [6.45, 7) is -0.452. The van der Waals surface area contributed by atoms with Gasteiger partial charge in [-0.05, 0) is 30.3 Å². The van der Waals surface area contributed by atoms with E-state index in [1.165, 1.54) is 10.9 Å². The number of nitrogens with zero attached hydrogens (tertiary/aromatic N) is 7. The number of nitrogens with one attached hydrogen (secondary N) is 2. The van der Waals surface area contributed by atoms with Crippen molar-refractivity contribution in [2.75, 3.05) is 0 Å². The van der Waals surface area contributed by atoms with Crippen LogP contribution in [0.4, 0.5) is 30.7 Å². The maximum absolute atomic E-state index is 14.6. The van der Waals surface area contributed by atoms with Gasteiger partial charge in [0, 0.05) is 38.2 Å². The third-order valence-corrected chi connectivity index (χ3v) is 5.93. The number of hydrogen-bond donors (Lipinski definition) is 2. The van der Waals surface area contributed by atoms with E-state index in [1.54, 1.807) is 0 Å². The van der Waals surface area contributed by atoms with E-state index in [1.807, 2.05) is 0 Å². The van der Waals surface area contributed by atoms with Crippen LogP contribution < -0.4 is 15.4 Å². The lowest BCUT2D eigenvalue weighted by molar-refractivity contribution is -0.159. The molecular formula is C26H24F7N9O3. The average molecular weight is 644 g/mol. The predicted octanol–water partition coefficient (Wildman–Crippen LogP) is 3.70. The molecule has 3 heterocycles. The van der Waals surface area contributed by atoms with Crippen molar-refractivity contribution in [2.45, 2.75) is 58.0 Å². The van der Waals surface area contributed by atoms with Gasteiger partial charge >= 0.3 is 12.3 Å². The topological polar surface area (TPSA) is 142 Å². The van der Waals surface area contributed by atoms with Crippen molar-refractivity contribution in [1.82, 2.24) is 45.6 Å². The van der Waals surface area contributed by atoms with Crippen molar-refractivity contribution in [3.63, 3.8) is 0 Å². The molecule has 0 aliphatic heterocycles. The molecule has 0 aliphatic carbocycles. The van der Waals surface area contributed by atoms with E-state index in [0.29, 0.717) is 6.92 Å². The molecule has 1 atom stereocenters. The molecule has 0 spiro atoms. The molecule has 12 nitrogen and oxygen atoms in total. The summed E-state index contributed by atoms with van der Waals surface area (Å²) in [7, 11) is 0. The molecule has 19 heteroatoms. The number of aryl methyl sites for hydroxylation is 1. The van der Waals surface area contributed by atoms with E-state index in [4.69, 9.17) is 0 Å². The first-order valence-corrected chi connectivity index (χ1v) is 13.0. The minimum atomic E-state index is -4.56. The Morgan fingerprint density at radius 2 is 1.58 bits per heavy atom. The quantitative estimate of drug-likeness (QED) is 0.210. The zero-order chi connectivity index (χ0) is 32.8. The first kappa shape index (κ1) is 32.8. The van der Waals surface area contributed by atoms with Crippen LogP contribution in [-0.4, -0.2) is 59.1 Å². The molecule has 4 rings (SSSR count). The molecule has 0 fully saturated rings. The normalized spacial score (nSPS) is 12.5. The highest BCUT2D eigenvalue weighted by Crippen LogP contribution is 2.29. The highest BCUT2D eigenvalue weighted by atomic mass is 19.4. The Bertz CT molecular complexity index is 1640. The van der Waals surface area contributed by atoms with Crippen molar-refractivity contribution in [3.05, 3.63) is 82.9 Å². The van der Waals surface area contributed by atoms with Crippen molar-refractivity contribution < 1.29 is 45.1 Å².